The van der Waals surface area contributed by atoms with Gasteiger partial charge in [-0.1, -0.05) is 11.6 Å². The topological polar surface area (TPSA) is 22.1 Å². The minimum Gasteiger partial charge on any atom is -0.457 e. The third-order valence-electron chi connectivity index (χ3n) is 2.86. The number of nitrogens with zero attached hydrogens (tertiary/aromatic N) is 1. The normalized spacial score (nSPS) is 10.6. The van der Waals surface area contributed by atoms with E-state index in [2.05, 4.69) is 4.98 Å². The first kappa shape index (κ1) is 14.2. The standard InChI is InChI=1S/C15H15Cl2NO/c1-9-4-13(5-10(2)15(9)17)19-14-6-11(3)18-8-12(14)7-16/h4-6,8H,7H2,1-3H3. The number of ether oxygens (including phenoxy) is 1. The van der Waals surface area contributed by atoms with Crippen molar-refractivity contribution in [3.05, 3.63) is 51.8 Å². The summed E-state index contributed by atoms with van der Waals surface area (Å²) in [5.74, 6) is 1.87. The van der Waals surface area contributed by atoms with E-state index < -0.39 is 0 Å². The third-order valence-corrected chi connectivity index (χ3v) is 3.75. The Bertz CT molecular complexity index is 588. The first-order valence-corrected chi connectivity index (χ1v) is 6.88. The van der Waals surface area contributed by atoms with Crippen LogP contribution in [0.25, 0.3) is 0 Å². The van der Waals surface area contributed by atoms with Crippen LogP contribution in [0.2, 0.25) is 5.02 Å². The van der Waals surface area contributed by atoms with Crippen molar-refractivity contribution >= 4 is 23.2 Å². The number of alkyl halides is 1. The third kappa shape index (κ3) is 3.20. The molecule has 2 rings (SSSR count). The Kier molecular flexibility index (Phi) is 4.33. The fourth-order valence-electron chi connectivity index (χ4n) is 1.85. The minimum absolute atomic E-state index is 0.369. The van der Waals surface area contributed by atoms with Gasteiger partial charge in [0.1, 0.15) is 11.5 Å². The van der Waals surface area contributed by atoms with Crippen LogP contribution in [0.4, 0.5) is 0 Å². The summed E-state index contributed by atoms with van der Waals surface area (Å²) in [6, 6.07) is 5.73. The maximum atomic E-state index is 6.15. The molecule has 2 aromatic rings. The van der Waals surface area contributed by atoms with Gasteiger partial charge in [0, 0.05) is 28.5 Å². The Hall–Kier alpha value is -1.25. The van der Waals surface area contributed by atoms with Crippen molar-refractivity contribution in [3.8, 4) is 11.5 Å². The SMILES string of the molecule is Cc1cc(Oc2cc(C)c(Cl)c(C)c2)c(CCl)cn1. The second kappa shape index (κ2) is 5.81. The van der Waals surface area contributed by atoms with E-state index in [0.29, 0.717) is 5.88 Å². The summed E-state index contributed by atoms with van der Waals surface area (Å²) in [6.45, 7) is 5.84. The highest BCUT2D eigenvalue weighted by molar-refractivity contribution is 6.32. The van der Waals surface area contributed by atoms with E-state index in [1.807, 2.05) is 39.0 Å². The van der Waals surface area contributed by atoms with E-state index in [0.717, 1.165) is 38.9 Å². The monoisotopic (exact) mass is 295 g/mol. The summed E-state index contributed by atoms with van der Waals surface area (Å²) in [5.41, 5.74) is 3.76. The largest absolute Gasteiger partial charge is 0.457 e. The van der Waals surface area contributed by atoms with Crippen LogP contribution in [-0.4, -0.2) is 4.98 Å². The van der Waals surface area contributed by atoms with Crippen molar-refractivity contribution in [1.29, 1.82) is 0 Å². The van der Waals surface area contributed by atoms with Crippen LogP contribution in [0.1, 0.15) is 22.4 Å². The lowest BCUT2D eigenvalue weighted by Crippen LogP contribution is -1.94. The summed E-state index contributed by atoms with van der Waals surface area (Å²) in [6.07, 6.45) is 1.74. The molecule has 0 N–H and O–H groups in total. The van der Waals surface area contributed by atoms with E-state index in [1.165, 1.54) is 0 Å². The molecule has 19 heavy (non-hydrogen) atoms. The van der Waals surface area contributed by atoms with Gasteiger partial charge < -0.3 is 4.74 Å². The molecule has 0 fully saturated rings. The molecule has 0 aliphatic rings. The summed E-state index contributed by atoms with van der Waals surface area (Å²) in [7, 11) is 0. The van der Waals surface area contributed by atoms with E-state index in [1.54, 1.807) is 6.20 Å². The lowest BCUT2D eigenvalue weighted by atomic mass is 10.1. The molecule has 100 valence electrons. The predicted molar refractivity (Wildman–Crippen MR) is 79.5 cm³/mol. The molecule has 1 heterocycles. The second-order valence-corrected chi connectivity index (χ2v) is 5.19. The van der Waals surface area contributed by atoms with Gasteiger partial charge in [-0.3, -0.25) is 4.98 Å². The highest BCUT2D eigenvalue weighted by atomic mass is 35.5. The average Bonchev–Trinajstić information content (AvgIpc) is 2.36. The maximum Gasteiger partial charge on any atom is 0.135 e. The van der Waals surface area contributed by atoms with Crippen molar-refractivity contribution in [2.75, 3.05) is 0 Å². The van der Waals surface area contributed by atoms with Crippen molar-refractivity contribution < 1.29 is 4.74 Å². The number of benzene rings is 1. The molecule has 4 heteroatoms. The minimum atomic E-state index is 0.369. The smallest absolute Gasteiger partial charge is 0.135 e. The highest BCUT2D eigenvalue weighted by Gasteiger charge is 2.08. The van der Waals surface area contributed by atoms with Crippen molar-refractivity contribution in [2.45, 2.75) is 26.7 Å². The maximum absolute atomic E-state index is 6.15. The van der Waals surface area contributed by atoms with E-state index in [9.17, 15) is 0 Å². The number of hydrogen-bond donors (Lipinski definition) is 0. The van der Waals surface area contributed by atoms with Gasteiger partial charge in [-0.2, -0.15) is 0 Å². The first-order chi connectivity index (χ1) is 9.01. The zero-order chi connectivity index (χ0) is 14.0. The molecule has 0 bridgehead atoms. The Morgan fingerprint density at radius 2 is 1.74 bits per heavy atom. The van der Waals surface area contributed by atoms with Gasteiger partial charge in [-0.25, -0.2) is 0 Å². The Morgan fingerprint density at radius 3 is 2.32 bits per heavy atom. The molecular weight excluding hydrogens is 281 g/mol. The lowest BCUT2D eigenvalue weighted by molar-refractivity contribution is 0.476. The van der Waals surface area contributed by atoms with Crippen LogP contribution in [0.15, 0.2) is 24.4 Å². The summed E-state index contributed by atoms with van der Waals surface area (Å²) in [4.78, 5) is 4.22. The molecule has 0 aliphatic carbocycles. The zero-order valence-corrected chi connectivity index (χ0v) is 12.6. The molecular formula is C15H15Cl2NO. The summed E-state index contributed by atoms with van der Waals surface area (Å²) >= 11 is 12.0. The molecule has 1 aromatic heterocycles. The average molecular weight is 296 g/mol. The van der Waals surface area contributed by atoms with Gasteiger partial charge in [-0.05, 0) is 44.0 Å². The fourth-order valence-corrected chi connectivity index (χ4v) is 2.16. The van der Waals surface area contributed by atoms with Crippen LogP contribution in [-0.2, 0) is 5.88 Å². The van der Waals surface area contributed by atoms with Gasteiger partial charge in [0.25, 0.3) is 0 Å². The summed E-state index contributed by atoms with van der Waals surface area (Å²) in [5, 5.41) is 0.774. The number of hydrogen-bond acceptors (Lipinski definition) is 2. The van der Waals surface area contributed by atoms with Crippen molar-refractivity contribution in [3.63, 3.8) is 0 Å². The summed E-state index contributed by atoms with van der Waals surface area (Å²) < 4.78 is 5.91. The fraction of sp³-hybridized carbons (Fsp3) is 0.267. The van der Waals surface area contributed by atoms with Crippen LogP contribution in [0.5, 0.6) is 11.5 Å². The first-order valence-electron chi connectivity index (χ1n) is 5.97. The number of halogens is 2. The van der Waals surface area contributed by atoms with E-state index in [4.69, 9.17) is 27.9 Å². The van der Waals surface area contributed by atoms with Gasteiger partial charge in [-0.15, -0.1) is 11.6 Å². The molecule has 0 saturated carbocycles. The molecule has 0 radical (unpaired) electrons. The van der Waals surface area contributed by atoms with Gasteiger partial charge in [0.05, 0.1) is 5.88 Å². The number of aryl methyl sites for hydroxylation is 3. The number of aromatic nitrogens is 1. The van der Waals surface area contributed by atoms with Crippen LogP contribution >= 0.6 is 23.2 Å². The highest BCUT2D eigenvalue weighted by Crippen LogP contribution is 2.31. The van der Waals surface area contributed by atoms with Crippen LogP contribution < -0.4 is 4.74 Å². The van der Waals surface area contributed by atoms with Crippen molar-refractivity contribution in [1.82, 2.24) is 4.98 Å². The van der Waals surface area contributed by atoms with Crippen molar-refractivity contribution in [2.24, 2.45) is 0 Å². The molecule has 0 saturated heterocycles. The van der Waals surface area contributed by atoms with E-state index in [-0.39, 0.29) is 0 Å². The predicted octanol–water partition coefficient (Wildman–Crippen LogP) is 5.19. The number of rotatable bonds is 3. The molecule has 0 amide bonds. The molecule has 2 nitrogen and oxygen atoms in total. The second-order valence-electron chi connectivity index (χ2n) is 4.54. The lowest BCUT2D eigenvalue weighted by Gasteiger charge is -2.12. The van der Waals surface area contributed by atoms with E-state index >= 15 is 0 Å². The molecule has 0 unspecified atom stereocenters. The van der Waals surface area contributed by atoms with Gasteiger partial charge >= 0.3 is 0 Å². The zero-order valence-electron chi connectivity index (χ0n) is 11.1. The van der Waals surface area contributed by atoms with Crippen LogP contribution in [0.3, 0.4) is 0 Å². The Morgan fingerprint density at radius 1 is 1.11 bits per heavy atom. The Labute approximate surface area is 123 Å². The Balaban J connectivity index is 2.38. The van der Waals surface area contributed by atoms with Gasteiger partial charge in [0.15, 0.2) is 0 Å². The molecule has 1 aromatic carbocycles. The molecule has 0 atom stereocenters. The quantitative estimate of drug-likeness (QED) is 0.727. The number of pyridine rings is 1. The molecule has 0 aliphatic heterocycles. The van der Waals surface area contributed by atoms with Crippen LogP contribution in [0, 0.1) is 20.8 Å². The molecule has 0 spiro atoms. The van der Waals surface area contributed by atoms with Gasteiger partial charge in [0.2, 0.25) is 0 Å².